The molecule has 0 spiro atoms. The van der Waals surface area contributed by atoms with Gasteiger partial charge in [-0.25, -0.2) is 23.5 Å². The molecule has 1 fully saturated rings. The Kier molecular flexibility index (Phi) is 7.13. The lowest BCUT2D eigenvalue weighted by Gasteiger charge is -2.26. The molecular weight excluding hydrogens is 470 g/mol. The Balaban J connectivity index is 1.40. The van der Waals surface area contributed by atoms with E-state index in [4.69, 9.17) is 5.14 Å². The molecule has 2 aromatic carbocycles. The van der Waals surface area contributed by atoms with E-state index in [0.29, 0.717) is 11.5 Å². The maximum atomic E-state index is 13.3. The number of primary sulfonamides is 1. The molecule has 1 aromatic heterocycles. The van der Waals surface area contributed by atoms with Gasteiger partial charge in [-0.3, -0.25) is 4.21 Å². The molecule has 0 amide bonds. The van der Waals surface area contributed by atoms with E-state index >= 15 is 0 Å². The first-order valence-electron chi connectivity index (χ1n) is 10.8. The second kappa shape index (κ2) is 10.1. The fraction of sp³-hybridized carbons (Fsp3) is 0.208. The van der Waals surface area contributed by atoms with Gasteiger partial charge >= 0.3 is 0 Å². The Hall–Kier alpha value is -3.05. The number of aromatic nitrogens is 2. The number of hydrogen-bond acceptors (Lipinski definition) is 7. The van der Waals surface area contributed by atoms with Crippen molar-refractivity contribution in [2.24, 2.45) is 5.14 Å². The second-order valence-corrected chi connectivity index (χ2v) is 12.3. The van der Waals surface area contributed by atoms with Crippen molar-refractivity contribution in [2.75, 3.05) is 18.4 Å². The van der Waals surface area contributed by atoms with Gasteiger partial charge in [0.05, 0.1) is 4.90 Å². The summed E-state index contributed by atoms with van der Waals surface area (Å²) in [6, 6.07) is 13.8. The molecule has 4 N–H and O–H groups in total. The summed E-state index contributed by atoms with van der Waals surface area (Å²) in [5.41, 5.74) is 2.23. The molecule has 0 saturated carbocycles. The maximum Gasteiger partial charge on any atom is 0.238 e. The van der Waals surface area contributed by atoms with E-state index in [0.717, 1.165) is 42.1 Å². The van der Waals surface area contributed by atoms with Gasteiger partial charge in [0.1, 0.15) is 0 Å². The zero-order valence-corrected chi connectivity index (χ0v) is 20.2. The number of nitrogens with two attached hydrogens (primary N) is 1. The normalized spacial score (nSPS) is 16.9. The molecule has 4 rings (SSSR count). The summed E-state index contributed by atoms with van der Waals surface area (Å²) in [6.45, 7) is 1.75. The van der Waals surface area contributed by atoms with Gasteiger partial charge in [0.2, 0.25) is 16.0 Å². The smallest absolute Gasteiger partial charge is 0.238 e. The lowest BCUT2D eigenvalue weighted by molar-refractivity contribution is 0.518. The Morgan fingerprint density at radius 3 is 2.24 bits per heavy atom. The number of hydrogen-bond donors (Lipinski definition) is 3. The number of rotatable bonds is 7. The molecule has 1 unspecified atom stereocenters. The largest absolute Gasteiger partial charge is 0.324 e. The summed E-state index contributed by atoms with van der Waals surface area (Å²) in [7, 11) is -6.09. The van der Waals surface area contributed by atoms with Gasteiger partial charge in [0, 0.05) is 33.8 Å². The highest BCUT2D eigenvalue weighted by atomic mass is 32.2. The van der Waals surface area contributed by atoms with Crippen LogP contribution in [0.2, 0.25) is 0 Å². The summed E-state index contributed by atoms with van der Waals surface area (Å²) >= 11 is 0. The highest BCUT2D eigenvalue weighted by Crippen LogP contribution is 2.24. The molecule has 8 nitrogen and oxygen atoms in total. The summed E-state index contributed by atoms with van der Waals surface area (Å²) < 4.78 is 36.2. The Morgan fingerprint density at radius 2 is 1.59 bits per heavy atom. The number of benzene rings is 2. The first-order valence-corrected chi connectivity index (χ1v) is 14.1. The van der Waals surface area contributed by atoms with Crippen LogP contribution in [0.1, 0.15) is 24.0 Å². The van der Waals surface area contributed by atoms with Crippen LogP contribution >= 0.6 is 0 Å². The third-order valence-corrected chi connectivity index (χ3v) is 9.19. The molecule has 1 atom stereocenters. The monoisotopic (exact) mass is 497 g/mol. The zero-order chi connectivity index (χ0) is 24.2. The number of nitrogens with zero attached hydrogens (tertiary/aromatic N) is 2. The predicted molar refractivity (Wildman–Crippen MR) is 138 cm³/mol. The number of piperidine rings is 1. The molecule has 1 aliphatic rings. The van der Waals surface area contributed by atoms with Gasteiger partial charge in [0.25, 0.3) is 0 Å². The standard InChI is InChI=1S/C24H27N5O3S2/c1-33(30,22-11-13-26-14-12-22)21-9-7-20(8-10-21)29-24-27-16-19(17-28-24)6-5-18-3-2-4-23(15-18)34(25,31)32/h2-10,15-17,22,26H,1,11-14H2,(H2,25,31,32)(H,27,28,29)/b6-5+. The minimum Gasteiger partial charge on any atom is -0.324 e. The third-order valence-electron chi connectivity index (χ3n) is 5.66. The molecular formula is C24H27N5O3S2. The van der Waals surface area contributed by atoms with Crippen molar-refractivity contribution in [2.45, 2.75) is 27.9 Å². The van der Waals surface area contributed by atoms with E-state index in [1.165, 1.54) is 12.1 Å². The Morgan fingerprint density at radius 1 is 0.941 bits per heavy atom. The van der Waals surface area contributed by atoms with Crippen molar-refractivity contribution in [3.63, 3.8) is 0 Å². The Labute approximate surface area is 200 Å². The quantitative estimate of drug-likeness (QED) is 0.428. The average molecular weight is 498 g/mol. The number of anilines is 2. The van der Waals surface area contributed by atoms with Crippen molar-refractivity contribution >= 4 is 49.2 Å². The van der Waals surface area contributed by atoms with Crippen molar-refractivity contribution < 1.29 is 12.6 Å². The highest BCUT2D eigenvalue weighted by Gasteiger charge is 2.23. The molecule has 1 aliphatic heterocycles. The van der Waals surface area contributed by atoms with Gasteiger partial charge in [-0.2, -0.15) is 0 Å². The fourth-order valence-corrected chi connectivity index (χ4v) is 6.29. The molecule has 1 saturated heterocycles. The summed E-state index contributed by atoms with van der Waals surface area (Å²) in [6.07, 6.45) is 8.60. The third kappa shape index (κ3) is 5.89. The molecule has 34 heavy (non-hydrogen) atoms. The first-order chi connectivity index (χ1) is 16.2. The van der Waals surface area contributed by atoms with Crippen LogP contribution in [0.3, 0.4) is 0 Å². The van der Waals surface area contributed by atoms with Crippen LogP contribution in [0, 0.1) is 0 Å². The van der Waals surface area contributed by atoms with Gasteiger partial charge in [0.15, 0.2) is 0 Å². The van der Waals surface area contributed by atoms with E-state index in [2.05, 4.69) is 26.5 Å². The predicted octanol–water partition coefficient (Wildman–Crippen LogP) is 2.87. The zero-order valence-electron chi connectivity index (χ0n) is 18.6. The molecule has 10 heteroatoms. The van der Waals surface area contributed by atoms with Crippen LogP contribution < -0.4 is 15.8 Å². The van der Waals surface area contributed by atoms with Gasteiger partial charge < -0.3 is 10.6 Å². The molecule has 178 valence electrons. The Bertz CT molecular complexity index is 1380. The highest BCUT2D eigenvalue weighted by molar-refractivity contribution is 8.00. The SMILES string of the molecule is C=S(=O)(c1ccc(Nc2ncc(/C=C/c3cccc(S(N)(=O)=O)c3)cn2)cc1)C1CCNCC1. The molecule has 2 heterocycles. The van der Waals surface area contributed by atoms with Crippen molar-refractivity contribution in [1.82, 2.24) is 15.3 Å². The van der Waals surface area contributed by atoms with E-state index in [1.807, 2.05) is 24.3 Å². The van der Waals surface area contributed by atoms with Crippen LogP contribution in [0.25, 0.3) is 12.2 Å². The van der Waals surface area contributed by atoms with Crippen LogP contribution in [0.4, 0.5) is 11.6 Å². The van der Waals surface area contributed by atoms with Gasteiger partial charge in [-0.1, -0.05) is 24.3 Å². The first kappa shape index (κ1) is 24.1. The van der Waals surface area contributed by atoms with Crippen LogP contribution in [-0.2, 0) is 19.5 Å². The summed E-state index contributed by atoms with van der Waals surface area (Å²) in [5, 5.41) is 11.7. The lowest BCUT2D eigenvalue weighted by Crippen LogP contribution is -2.35. The average Bonchev–Trinajstić information content (AvgIpc) is 2.84. The van der Waals surface area contributed by atoms with Crippen LogP contribution in [-0.4, -0.2) is 46.8 Å². The van der Waals surface area contributed by atoms with E-state index in [-0.39, 0.29) is 10.1 Å². The molecule has 0 radical (unpaired) electrons. The minimum absolute atomic E-state index is 0.0573. The van der Waals surface area contributed by atoms with E-state index in [9.17, 15) is 12.6 Å². The topological polar surface area (TPSA) is 127 Å². The van der Waals surface area contributed by atoms with Crippen molar-refractivity contribution in [3.8, 4) is 0 Å². The van der Waals surface area contributed by atoms with Gasteiger partial charge in [-0.15, -0.1) is 0 Å². The maximum absolute atomic E-state index is 13.3. The van der Waals surface area contributed by atoms with Crippen LogP contribution in [0.5, 0.6) is 0 Å². The van der Waals surface area contributed by atoms with Crippen LogP contribution in [0.15, 0.2) is 70.7 Å². The summed E-state index contributed by atoms with van der Waals surface area (Å²) in [5.74, 6) is 4.48. The van der Waals surface area contributed by atoms with E-state index in [1.54, 1.807) is 36.7 Å². The van der Waals surface area contributed by atoms with Crippen molar-refractivity contribution in [3.05, 3.63) is 72.1 Å². The minimum atomic E-state index is -3.75. The fourth-order valence-electron chi connectivity index (χ4n) is 3.74. The molecule has 3 aromatic rings. The van der Waals surface area contributed by atoms with Crippen molar-refractivity contribution in [1.29, 1.82) is 0 Å². The summed E-state index contributed by atoms with van der Waals surface area (Å²) in [4.78, 5) is 9.46. The van der Waals surface area contributed by atoms with E-state index < -0.39 is 19.5 Å². The molecule has 0 aliphatic carbocycles. The molecule has 0 bridgehead atoms. The lowest BCUT2D eigenvalue weighted by atomic mass is 10.2. The number of nitrogens with one attached hydrogen (secondary N) is 2. The second-order valence-electron chi connectivity index (χ2n) is 8.12. The van der Waals surface area contributed by atoms with Gasteiger partial charge in [-0.05, 0) is 83.3 Å². The number of sulfonamides is 1.